The summed E-state index contributed by atoms with van der Waals surface area (Å²) >= 11 is 1.16. The molecule has 0 atom stereocenters. The van der Waals surface area contributed by atoms with Crippen LogP contribution in [0.4, 0.5) is 5.69 Å². The van der Waals surface area contributed by atoms with Crippen LogP contribution in [0.15, 0.2) is 52.5 Å². The fourth-order valence-corrected chi connectivity index (χ4v) is 3.32. The van der Waals surface area contributed by atoms with Crippen LogP contribution >= 0.6 is 11.8 Å². The van der Waals surface area contributed by atoms with Gasteiger partial charge in [-0.25, -0.2) is 4.98 Å². The van der Waals surface area contributed by atoms with Crippen molar-refractivity contribution in [3.8, 4) is 17.1 Å². The zero-order chi connectivity index (χ0) is 19.4. The van der Waals surface area contributed by atoms with Crippen LogP contribution in [0.25, 0.3) is 11.4 Å². The van der Waals surface area contributed by atoms with Crippen molar-refractivity contribution in [3.63, 3.8) is 0 Å². The van der Waals surface area contributed by atoms with Gasteiger partial charge < -0.3 is 4.74 Å². The molecule has 0 saturated heterocycles. The predicted octanol–water partition coefficient (Wildman–Crippen LogP) is 4.13. The Kier molecular flexibility index (Phi) is 5.51. The minimum atomic E-state index is -0.531. The van der Waals surface area contributed by atoms with Gasteiger partial charge in [-0.1, -0.05) is 12.1 Å². The van der Waals surface area contributed by atoms with Gasteiger partial charge in [-0.05, 0) is 43.8 Å². The first-order valence-electron chi connectivity index (χ1n) is 8.11. The number of non-ortho nitro benzene ring substituents is 1. The van der Waals surface area contributed by atoms with Crippen molar-refractivity contribution in [2.75, 3.05) is 6.61 Å². The Morgan fingerprint density at radius 1 is 1.30 bits per heavy atom. The number of ether oxygens (including phenoxy) is 1. The number of aromatic nitrogens is 3. The van der Waals surface area contributed by atoms with E-state index < -0.39 is 4.92 Å². The number of hydrogen-bond acceptors (Lipinski definition) is 7. The number of nitro groups is 1. The maximum atomic E-state index is 11.9. The van der Waals surface area contributed by atoms with E-state index in [1.807, 2.05) is 31.2 Å². The number of aromatic amines is 1. The Hall–Kier alpha value is -3.20. The molecule has 9 heteroatoms. The standard InChI is InChI=1S/C18H16N4O4S/c1-3-26-15-7-5-4-6-13(15)17-19-18(21-20-17)27-16-9-8-12(22(24)25)10-14(16)11(2)23/h4-10H,3H2,1-2H3,(H,19,20,21). The van der Waals surface area contributed by atoms with Gasteiger partial charge in [0.25, 0.3) is 5.69 Å². The SMILES string of the molecule is CCOc1ccccc1-c1nc(Sc2ccc([N+](=O)[O-])cc2C(C)=O)n[nH]1. The van der Waals surface area contributed by atoms with Crippen molar-refractivity contribution >= 4 is 23.2 Å². The highest BCUT2D eigenvalue weighted by molar-refractivity contribution is 7.99. The molecule has 0 amide bonds. The highest BCUT2D eigenvalue weighted by atomic mass is 32.2. The lowest BCUT2D eigenvalue weighted by atomic mass is 10.1. The minimum absolute atomic E-state index is 0.133. The summed E-state index contributed by atoms with van der Waals surface area (Å²) in [5.41, 5.74) is 0.898. The Morgan fingerprint density at radius 3 is 2.78 bits per heavy atom. The quantitative estimate of drug-likeness (QED) is 0.370. The number of carbonyl (C=O) groups is 1. The summed E-state index contributed by atoms with van der Waals surface area (Å²) in [6, 6.07) is 11.6. The predicted molar refractivity (Wildman–Crippen MR) is 100 cm³/mol. The number of carbonyl (C=O) groups excluding carboxylic acids is 1. The van der Waals surface area contributed by atoms with Crippen molar-refractivity contribution in [1.29, 1.82) is 0 Å². The number of Topliss-reactive ketones (excluding diaryl/α,β-unsaturated/α-hetero) is 1. The number of H-pyrrole nitrogens is 1. The smallest absolute Gasteiger partial charge is 0.270 e. The van der Waals surface area contributed by atoms with Gasteiger partial charge in [0.05, 0.1) is 17.1 Å². The van der Waals surface area contributed by atoms with Gasteiger partial charge in [0.15, 0.2) is 11.6 Å². The molecule has 2 aromatic carbocycles. The van der Waals surface area contributed by atoms with Crippen molar-refractivity contribution < 1.29 is 14.5 Å². The zero-order valence-electron chi connectivity index (χ0n) is 14.6. The van der Waals surface area contributed by atoms with Gasteiger partial charge in [-0.15, -0.1) is 5.10 Å². The lowest BCUT2D eigenvalue weighted by molar-refractivity contribution is -0.384. The second kappa shape index (κ2) is 8.00. The molecule has 0 aliphatic heterocycles. The number of benzene rings is 2. The molecule has 0 aliphatic rings. The number of rotatable bonds is 7. The normalized spacial score (nSPS) is 10.6. The molecular formula is C18H16N4O4S. The highest BCUT2D eigenvalue weighted by Gasteiger charge is 2.17. The largest absolute Gasteiger partial charge is 0.493 e. The molecule has 1 aromatic heterocycles. The number of ketones is 1. The average molecular weight is 384 g/mol. The molecule has 138 valence electrons. The monoisotopic (exact) mass is 384 g/mol. The lowest BCUT2D eigenvalue weighted by Crippen LogP contribution is -1.98. The van der Waals surface area contributed by atoms with E-state index in [2.05, 4.69) is 15.2 Å². The van der Waals surface area contributed by atoms with Crippen LogP contribution in [0, 0.1) is 10.1 Å². The van der Waals surface area contributed by atoms with Crippen LogP contribution < -0.4 is 4.74 Å². The van der Waals surface area contributed by atoms with Crippen molar-refractivity contribution in [2.45, 2.75) is 23.9 Å². The van der Waals surface area contributed by atoms with Crippen LogP contribution in [-0.4, -0.2) is 32.5 Å². The highest BCUT2D eigenvalue weighted by Crippen LogP contribution is 2.33. The Balaban J connectivity index is 1.91. The Morgan fingerprint density at radius 2 is 2.07 bits per heavy atom. The van der Waals surface area contributed by atoms with Crippen LogP contribution in [0.3, 0.4) is 0 Å². The molecule has 0 fully saturated rings. The van der Waals surface area contributed by atoms with Crippen LogP contribution in [-0.2, 0) is 0 Å². The van der Waals surface area contributed by atoms with Crippen LogP contribution in [0.1, 0.15) is 24.2 Å². The molecule has 1 heterocycles. The summed E-state index contributed by atoms with van der Waals surface area (Å²) in [5.74, 6) is 0.957. The fourth-order valence-electron chi connectivity index (χ4n) is 2.45. The maximum absolute atomic E-state index is 11.9. The van der Waals surface area contributed by atoms with E-state index in [4.69, 9.17) is 4.74 Å². The van der Waals surface area contributed by atoms with Gasteiger partial charge in [0, 0.05) is 22.6 Å². The fraction of sp³-hybridized carbons (Fsp3) is 0.167. The van der Waals surface area contributed by atoms with Gasteiger partial charge in [0.1, 0.15) is 5.75 Å². The lowest BCUT2D eigenvalue weighted by Gasteiger charge is -2.07. The van der Waals surface area contributed by atoms with E-state index in [1.54, 1.807) is 0 Å². The Bertz CT molecular complexity index is 1000. The Labute approximate surface area is 159 Å². The summed E-state index contributed by atoms with van der Waals surface area (Å²) in [5, 5.41) is 18.4. The van der Waals surface area contributed by atoms with E-state index in [0.717, 1.165) is 17.3 Å². The molecule has 0 radical (unpaired) electrons. The van der Waals surface area contributed by atoms with E-state index in [-0.39, 0.29) is 17.0 Å². The molecule has 0 saturated carbocycles. The van der Waals surface area contributed by atoms with E-state index >= 15 is 0 Å². The van der Waals surface area contributed by atoms with E-state index in [0.29, 0.717) is 28.2 Å². The number of hydrogen-bond donors (Lipinski definition) is 1. The molecular weight excluding hydrogens is 368 g/mol. The zero-order valence-corrected chi connectivity index (χ0v) is 15.4. The third kappa shape index (κ3) is 4.14. The molecule has 1 N–H and O–H groups in total. The molecule has 8 nitrogen and oxygen atoms in total. The van der Waals surface area contributed by atoms with Crippen molar-refractivity contribution in [1.82, 2.24) is 15.2 Å². The summed E-state index contributed by atoms with van der Waals surface area (Å²) in [6.45, 7) is 3.79. The summed E-state index contributed by atoms with van der Waals surface area (Å²) in [6.07, 6.45) is 0. The average Bonchev–Trinajstić information content (AvgIpc) is 3.10. The number of para-hydroxylation sites is 1. The molecule has 0 spiro atoms. The van der Waals surface area contributed by atoms with Gasteiger partial charge in [-0.2, -0.15) is 0 Å². The van der Waals surface area contributed by atoms with Gasteiger partial charge in [0.2, 0.25) is 5.16 Å². The van der Waals surface area contributed by atoms with Crippen LogP contribution in [0.2, 0.25) is 0 Å². The molecule has 0 aliphatic carbocycles. The van der Waals surface area contributed by atoms with Gasteiger partial charge >= 0.3 is 0 Å². The van der Waals surface area contributed by atoms with Crippen molar-refractivity contribution in [2.24, 2.45) is 0 Å². The van der Waals surface area contributed by atoms with Gasteiger partial charge in [-0.3, -0.25) is 20.0 Å². The van der Waals surface area contributed by atoms with Crippen LogP contribution in [0.5, 0.6) is 5.75 Å². The second-order valence-corrected chi connectivity index (χ2v) is 6.50. The summed E-state index contributed by atoms with van der Waals surface area (Å²) < 4.78 is 5.60. The topological polar surface area (TPSA) is 111 Å². The molecule has 0 unspecified atom stereocenters. The number of nitro benzene ring substituents is 1. The number of nitrogens with one attached hydrogen (secondary N) is 1. The first-order valence-corrected chi connectivity index (χ1v) is 8.93. The molecule has 27 heavy (non-hydrogen) atoms. The number of nitrogens with zero attached hydrogens (tertiary/aromatic N) is 3. The third-order valence-corrected chi connectivity index (χ3v) is 4.60. The third-order valence-electron chi connectivity index (χ3n) is 3.66. The molecule has 0 bridgehead atoms. The maximum Gasteiger partial charge on any atom is 0.270 e. The molecule has 3 rings (SSSR count). The van der Waals surface area contributed by atoms with E-state index in [1.165, 1.54) is 25.1 Å². The van der Waals surface area contributed by atoms with E-state index in [9.17, 15) is 14.9 Å². The summed E-state index contributed by atoms with van der Waals surface area (Å²) in [7, 11) is 0. The first kappa shape index (κ1) is 18.6. The van der Waals surface area contributed by atoms with Crippen molar-refractivity contribution in [3.05, 3.63) is 58.1 Å². The summed E-state index contributed by atoms with van der Waals surface area (Å²) in [4.78, 5) is 27.3. The minimum Gasteiger partial charge on any atom is -0.493 e. The second-order valence-electron chi connectivity index (χ2n) is 5.49. The first-order chi connectivity index (χ1) is 13.0. The molecule has 3 aromatic rings.